The van der Waals surface area contributed by atoms with E-state index < -0.39 is 10.0 Å². The first-order chi connectivity index (χ1) is 8.74. The lowest BCUT2D eigenvalue weighted by molar-refractivity contribution is 0.322. The van der Waals surface area contributed by atoms with Crippen molar-refractivity contribution in [2.24, 2.45) is 0 Å². The van der Waals surface area contributed by atoms with Crippen LogP contribution in [0.2, 0.25) is 0 Å². The van der Waals surface area contributed by atoms with Gasteiger partial charge in [0, 0.05) is 26.2 Å². The van der Waals surface area contributed by atoms with Gasteiger partial charge in [0.2, 0.25) is 10.0 Å². The molecule has 0 radical (unpaired) electrons. The van der Waals surface area contributed by atoms with Gasteiger partial charge < -0.3 is 9.42 Å². The molecule has 0 atom stereocenters. The number of rotatable bonds is 7. The SMILES string of the molecule is Cc1noc(C)c1CN(C)CCCS(=O)(=O)N(C)C. The van der Waals surface area contributed by atoms with Crippen LogP contribution in [0.3, 0.4) is 0 Å². The largest absolute Gasteiger partial charge is 0.361 e. The zero-order valence-corrected chi connectivity index (χ0v) is 13.1. The molecular weight excluding hydrogens is 266 g/mol. The van der Waals surface area contributed by atoms with Crippen LogP contribution < -0.4 is 0 Å². The molecule has 110 valence electrons. The molecule has 1 aromatic rings. The van der Waals surface area contributed by atoms with E-state index in [0.29, 0.717) is 6.42 Å². The molecule has 0 N–H and O–H groups in total. The molecular formula is C12H23N3O3S. The van der Waals surface area contributed by atoms with Gasteiger partial charge in [-0.1, -0.05) is 5.16 Å². The average Bonchev–Trinajstić information content (AvgIpc) is 2.60. The van der Waals surface area contributed by atoms with Crippen molar-refractivity contribution in [3.05, 3.63) is 17.0 Å². The average molecular weight is 289 g/mol. The van der Waals surface area contributed by atoms with Gasteiger partial charge in [-0.15, -0.1) is 0 Å². The zero-order valence-electron chi connectivity index (χ0n) is 12.3. The highest BCUT2D eigenvalue weighted by atomic mass is 32.2. The van der Waals surface area contributed by atoms with Gasteiger partial charge in [0.25, 0.3) is 0 Å². The second-order valence-electron chi connectivity index (χ2n) is 4.99. The van der Waals surface area contributed by atoms with Gasteiger partial charge in [0.15, 0.2) is 0 Å². The molecule has 0 aliphatic rings. The zero-order chi connectivity index (χ0) is 14.6. The van der Waals surface area contributed by atoms with Crippen LogP contribution in [0.4, 0.5) is 0 Å². The second-order valence-corrected chi connectivity index (χ2v) is 7.29. The molecule has 0 unspecified atom stereocenters. The molecule has 19 heavy (non-hydrogen) atoms. The molecule has 6 nitrogen and oxygen atoms in total. The van der Waals surface area contributed by atoms with Crippen LogP contribution in [0.1, 0.15) is 23.4 Å². The summed E-state index contributed by atoms with van der Waals surface area (Å²) in [6, 6.07) is 0. The molecule has 0 fully saturated rings. The molecule has 0 bridgehead atoms. The van der Waals surface area contributed by atoms with Crippen LogP contribution in [0.15, 0.2) is 4.52 Å². The Morgan fingerprint density at radius 2 is 1.84 bits per heavy atom. The standard InChI is InChI=1S/C12H23N3O3S/c1-10-12(11(2)18-13-10)9-15(5)7-6-8-19(16,17)14(3)4/h6-9H2,1-5H3. The molecule has 0 aliphatic carbocycles. The first kappa shape index (κ1) is 16.1. The highest BCUT2D eigenvalue weighted by Gasteiger charge is 2.15. The normalized spacial score (nSPS) is 12.6. The lowest BCUT2D eigenvalue weighted by Crippen LogP contribution is -2.28. The summed E-state index contributed by atoms with van der Waals surface area (Å²) in [6.07, 6.45) is 0.611. The topological polar surface area (TPSA) is 66.7 Å². The fourth-order valence-electron chi connectivity index (χ4n) is 1.78. The van der Waals surface area contributed by atoms with E-state index in [0.717, 1.165) is 30.1 Å². The molecule has 0 saturated heterocycles. The van der Waals surface area contributed by atoms with Crippen molar-refractivity contribution in [1.29, 1.82) is 0 Å². The van der Waals surface area contributed by atoms with E-state index in [1.165, 1.54) is 4.31 Å². The van der Waals surface area contributed by atoms with Gasteiger partial charge in [-0.05, 0) is 33.9 Å². The first-order valence-electron chi connectivity index (χ1n) is 6.24. The van der Waals surface area contributed by atoms with E-state index in [1.807, 2.05) is 20.9 Å². The Labute approximate surface area is 115 Å². The third-order valence-corrected chi connectivity index (χ3v) is 5.02. The highest BCUT2D eigenvalue weighted by molar-refractivity contribution is 7.89. The molecule has 7 heteroatoms. The number of aromatic nitrogens is 1. The summed E-state index contributed by atoms with van der Waals surface area (Å²) in [5.41, 5.74) is 1.98. The Bertz CT molecular complexity index is 489. The van der Waals surface area contributed by atoms with Gasteiger partial charge in [-0.25, -0.2) is 12.7 Å². The Morgan fingerprint density at radius 1 is 1.21 bits per heavy atom. The van der Waals surface area contributed by atoms with Crippen LogP contribution in [0, 0.1) is 13.8 Å². The Hall–Kier alpha value is -0.920. The highest BCUT2D eigenvalue weighted by Crippen LogP contribution is 2.14. The minimum Gasteiger partial charge on any atom is -0.361 e. The lowest BCUT2D eigenvalue weighted by Gasteiger charge is -2.17. The molecule has 1 heterocycles. The van der Waals surface area contributed by atoms with E-state index in [1.54, 1.807) is 14.1 Å². The van der Waals surface area contributed by atoms with E-state index in [9.17, 15) is 8.42 Å². The Balaban J connectivity index is 2.43. The quantitative estimate of drug-likeness (QED) is 0.749. The maximum atomic E-state index is 11.6. The number of nitrogens with zero attached hydrogens (tertiary/aromatic N) is 3. The van der Waals surface area contributed by atoms with E-state index in [-0.39, 0.29) is 5.75 Å². The van der Waals surface area contributed by atoms with E-state index >= 15 is 0 Å². The molecule has 1 rings (SSSR count). The molecule has 0 amide bonds. The molecule has 0 aromatic carbocycles. The van der Waals surface area contributed by atoms with Crippen molar-refractivity contribution in [3.8, 4) is 0 Å². The lowest BCUT2D eigenvalue weighted by atomic mass is 10.2. The van der Waals surface area contributed by atoms with Crippen molar-refractivity contribution in [2.45, 2.75) is 26.8 Å². The van der Waals surface area contributed by atoms with Gasteiger partial charge in [-0.2, -0.15) is 0 Å². The number of aryl methyl sites for hydroxylation is 2. The summed E-state index contributed by atoms with van der Waals surface area (Å²) in [6.45, 7) is 5.25. The molecule has 1 aromatic heterocycles. The predicted octanol–water partition coefficient (Wildman–Crippen LogP) is 1.00. The summed E-state index contributed by atoms with van der Waals surface area (Å²) in [7, 11) is 1.99. The third-order valence-electron chi connectivity index (χ3n) is 3.11. The summed E-state index contributed by atoms with van der Waals surface area (Å²) in [5.74, 6) is 0.997. The monoisotopic (exact) mass is 289 g/mol. The Kier molecular flexibility index (Phi) is 5.51. The first-order valence-corrected chi connectivity index (χ1v) is 7.85. The minimum absolute atomic E-state index is 0.173. The molecule has 0 aliphatic heterocycles. The van der Waals surface area contributed by atoms with Crippen LogP contribution in [-0.2, 0) is 16.6 Å². The maximum Gasteiger partial charge on any atom is 0.213 e. The fourth-order valence-corrected chi connectivity index (χ4v) is 2.64. The predicted molar refractivity (Wildman–Crippen MR) is 74.4 cm³/mol. The van der Waals surface area contributed by atoms with Crippen molar-refractivity contribution >= 4 is 10.0 Å². The summed E-state index contributed by atoms with van der Waals surface area (Å²) < 4.78 is 29.6. The van der Waals surface area contributed by atoms with Crippen LogP contribution >= 0.6 is 0 Å². The smallest absolute Gasteiger partial charge is 0.213 e. The van der Waals surface area contributed by atoms with Crippen molar-refractivity contribution in [1.82, 2.24) is 14.4 Å². The minimum atomic E-state index is -3.10. The number of sulfonamides is 1. The van der Waals surface area contributed by atoms with Crippen LogP contribution in [0.25, 0.3) is 0 Å². The number of hydrogen-bond donors (Lipinski definition) is 0. The fraction of sp³-hybridized carbons (Fsp3) is 0.750. The van der Waals surface area contributed by atoms with Crippen molar-refractivity contribution in [2.75, 3.05) is 33.4 Å². The van der Waals surface area contributed by atoms with Gasteiger partial charge in [0.05, 0.1) is 11.4 Å². The van der Waals surface area contributed by atoms with Gasteiger partial charge in [0.1, 0.15) is 5.76 Å². The second kappa shape index (κ2) is 6.49. The summed E-state index contributed by atoms with van der Waals surface area (Å²) >= 11 is 0. The van der Waals surface area contributed by atoms with E-state index in [4.69, 9.17) is 4.52 Å². The summed E-state index contributed by atoms with van der Waals surface area (Å²) in [4.78, 5) is 2.08. The van der Waals surface area contributed by atoms with Crippen LogP contribution in [-0.4, -0.2) is 56.2 Å². The van der Waals surface area contributed by atoms with Gasteiger partial charge >= 0.3 is 0 Å². The maximum absolute atomic E-state index is 11.6. The van der Waals surface area contributed by atoms with Crippen molar-refractivity contribution < 1.29 is 12.9 Å². The molecule has 0 saturated carbocycles. The third kappa shape index (κ3) is 4.59. The number of hydrogen-bond acceptors (Lipinski definition) is 5. The summed E-state index contributed by atoms with van der Waals surface area (Å²) in [5, 5.41) is 3.91. The van der Waals surface area contributed by atoms with E-state index in [2.05, 4.69) is 10.1 Å². The van der Waals surface area contributed by atoms with Gasteiger partial charge in [-0.3, -0.25) is 0 Å². The van der Waals surface area contributed by atoms with Crippen LogP contribution in [0.5, 0.6) is 0 Å². The molecule has 0 spiro atoms. The Morgan fingerprint density at radius 3 is 2.32 bits per heavy atom. The van der Waals surface area contributed by atoms with Crippen molar-refractivity contribution in [3.63, 3.8) is 0 Å².